The molecule has 4 aromatic rings. The molecule has 1 N–H and O–H groups in total. The number of fused-ring (bicyclic) bond motifs is 2. The summed E-state index contributed by atoms with van der Waals surface area (Å²) < 4.78 is 7.87. The van der Waals surface area contributed by atoms with E-state index in [2.05, 4.69) is 20.4 Å². The van der Waals surface area contributed by atoms with Gasteiger partial charge in [-0.25, -0.2) is 9.50 Å². The molecular weight excluding hydrogens is 414 g/mol. The Kier molecular flexibility index (Phi) is 4.82. The monoisotopic (exact) mass is 433 g/mol. The number of carbonyl (C=O) groups excluding carboxylic acids is 1. The summed E-state index contributed by atoms with van der Waals surface area (Å²) in [6, 6.07) is 11.3. The smallest absolute Gasteiger partial charge is 0.272 e. The minimum atomic E-state index is -0.255. The summed E-state index contributed by atoms with van der Waals surface area (Å²) in [6.45, 7) is 4.22. The van der Waals surface area contributed by atoms with E-state index in [4.69, 9.17) is 16.3 Å². The molecule has 0 radical (unpaired) electrons. The van der Waals surface area contributed by atoms with Crippen LogP contribution in [0, 0.1) is 13.8 Å². The second-order valence-electron chi connectivity index (χ2n) is 7.67. The maximum absolute atomic E-state index is 12.7. The number of pyridine rings is 1. The van der Waals surface area contributed by atoms with Crippen LogP contribution >= 0.6 is 11.6 Å². The molecule has 4 heterocycles. The molecule has 0 saturated heterocycles. The van der Waals surface area contributed by atoms with Gasteiger partial charge in [-0.2, -0.15) is 5.10 Å². The third kappa shape index (κ3) is 3.72. The number of halogens is 1. The molecule has 31 heavy (non-hydrogen) atoms. The molecule has 0 bridgehead atoms. The van der Waals surface area contributed by atoms with Crippen molar-refractivity contribution in [2.75, 3.05) is 6.54 Å². The van der Waals surface area contributed by atoms with Gasteiger partial charge in [-0.1, -0.05) is 11.6 Å². The van der Waals surface area contributed by atoms with Gasteiger partial charge in [0, 0.05) is 52.4 Å². The van der Waals surface area contributed by atoms with Crippen molar-refractivity contribution in [3.05, 3.63) is 76.5 Å². The Labute approximate surface area is 184 Å². The van der Waals surface area contributed by atoms with E-state index in [-0.39, 0.29) is 12.0 Å². The number of nitrogens with zero attached hydrogens (tertiary/aromatic N) is 4. The van der Waals surface area contributed by atoms with Crippen molar-refractivity contribution in [3.63, 3.8) is 0 Å². The van der Waals surface area contributed by atoms with Crippen LogP contribution in [0.15, 0.2) is 48.8 Å². The quantitative estimate of drug-likeness (QED) is 0.529. The van der Waals surface area contributed by atoms with Crippen molar-refractivity contribution in [1.82, 2.24) is 24.9 Å². The summed E-state index contributed by atoms with van der Waals surface area (Å²) in [4.78, 5) is 21.2. The first-order valence-electron chi connectivity index (χ1n) is 9.99. The van der Waals surface area contributed by atoms with E-state index in [1.54, 1.807) is 23.0 Å². The summed E-state index contributed by atoms with van der Waals surface area (Å²) in [5.74, 6) is 0.548. The molecule has 8 heteroatoms. The zero-order valence-corrected chi connectivity index (χ0v) is 17.8. The molecule has 1 aromatic carbocycles. The molecule has 0 aliphatic carbocycles. The summed E-state index contributed by atoms with van der Waals surface area (Å²) in [5.41, 5.74) is 5.74. The Morgan fingerprint density at radius 3 is 2.84 bits per heavy atom. The zero-order chi connectivity index (χ0) is 21.5. The van der Waals surface area contributed by atoms with Crippen molar-refractivity contribution in [3.8, 4) is 16.9 Å². The average Bonchev–Trinajstić information content (AvgIpc) is 3.36. The predicted molar refractivity (Wildman–Crippen MR) is 118 cm³/mol. The minimum absolute atomic E-state index is 0.183. The molecule has 0 saturated carbocycles. The van der Waals surface area contributed by atoms with Gasteiger partial charge in [0.2, 0.25) is 0 Å². The maximum atomic E-state index is 12.7. The standard InChI is InChI=1S/C23H20ClN5O2/c1-13-7-14(2)29-21(27-13)11-20(28-29)23(30)26-12-18-9-16-8-17(24)10-19(22(16)31-18)15-3-5-25-6-4-15/h3-8,10-11,18H,9,12H2,1-2H3,(H,26,30). The number of hydrogen-bond donors (Lipinski definition) is 1. The molecule has 5 rings (SSSR count). The number of aryl methyl sites for hydroxylation is 2. The summed E-state index contributed by atoms with van der Waals surface area (Å²) in [5, 5.41) is 7.97. The highest BCUT2D eigenvalue weighted by atomic mass is 35.5. The van der Waals surface area contributed by atoms with Crippen LogP contribution in [-0.4, -0.2) is 38.1 Å². The summed E-state index contributed by atoms with van der Waals surface area (Å²) >= 11 is 6.34. The first kappa shape index (κ1) is 19.5. The molecule has 0 spiro atoms. The molecule has 1 amide bonds. The van der Waals surface area contributed by atoms with Crippen LogP contribution in [0.25, 0.3) is 16.8 Å². The van der Waals surface area contributed by atoms with E-state index in [9.17, 15) is 4.79 Å². The first-order chi connectivity index (χ1) is 15.0. The number of hydrogen-bond acceptors (Lipinski definition) is 5. The number of amides is 1. The number of rotatable bonds is 4. The van der Waals surface area contributed by atoms with Crippen LogP contribution in [0.4, 0.5) is 0 Å². The Balaban J connectivity index is 1.32. The van der Waals surface area contributed by atoms with Gasteiger partial charge in [-0.15, -0.1) is 0 Å². The van der Waals surface area contributed by atoms with Crippen LogP contribution in [0.1, 0.15) is 27.4 Å². The molecule has 1 aliphatic rings. The van der Waals surface area contributed by atoms with Crippen LogP contribution in [0.3, 0.4) is 0 Å². The largest absolute Gasteiger partial charge is 0.487 e. The second kappa shape index (κ2) is 7.67. The van der Waals surface area contributed by atoms with Crippen molar-refractivity contribution in [1.29, 1.82) is 0 Å². The Morgan fingerprint density at radius 1 is 1.23 bits per heavy atom. The third-order valence-electron chi connectivity index (χ3n) is 5.31. The van der Waals surface area contributed by atoms with E-state index < -0.39 is 0 Å². The lowest BCUT2D eigenvalue weighted by molar-refractivity contribution is 0.0928. The average molecular weight is 434 g/mol. The first-order valence-corrected chi connectivity index (χ1v) is 10.4. The predicted octanol–water partition coefficient (Wildman–Crippen LogP) is 3.80. The summed E-state index contributed by atoms with van der Waals surface area (Å²) in [6.07, 6.45) is 3.96. The van der Waals surface area contributed by atoms with Gasteiger partial charge in [-0.3, -0.25) is 9.78 Å². The van der Waals surface area contributed by atoms with E-state index in [0.29, 0.717) is 29.3 Å². The lowest BCUT2D eigenvalue weighted by atomic mass is 10.0. The highest BCUT2D eigenvalue weighted by molar-refractivity contribution is 6.31. The number of aromatic nitrogens is 4. The molecule has 0 fully saturated rings. The number of ether oxygens (including phenoxy) is 1. The van der Waals surface area contributed by atoms with Gasteiger partial charge in [-0.05, 0) is 49.7 Å². The van der Waals surface area contributed by atoms with Gasteiger partial charge in [0.1, 0.15) is 11.9 Å². The SMILES string of the molecule is Cc1cc(C)n2nc(C(=O)NCC3Cc4cc(Cl)cc(-c5ccncc5)c4O3)cc2n1. The van der Waals surface area contributed by atoms with Gasteiger partial charge in [0.15, 0.2) is 11.3 Å². The molecule has 156 valence electrons. The van der Waals surface area contributed by atoms with E-state index in [1.807, 2.05) is 44.2 Å². The Bertz CT molecular complexity index is 1300. The van der Waals surface area contributed by atoms with Crippen molar-refractivity contribution < 1.29 is 9.53 Å². The van der Waals surface area contributed by atoms with Crippen LogP contribution in [0.5, 0.6) is 5.75 Å². The summed E-state index contributed by atoms with van der Waals surface area (Å²) in [7, 11) is 0. The number of benzene rings is 1. The molecular formula is C23H20ClN5O2. The Hall–Kier alpha value is -3.45. The highest BCUT2D eigenvalue weighted by Gasteiger charge is 2.27. The maximum Gasteiger partial charge on any atom is 0.272 e. The second-order valence-corrected chi connectivity index (χ2v) is 8.11. The van der Waals surface area contributed by atoms with Crippen molar-refractivity contribution in [2.45, 2.75) is 26.4 Å². The molecule has 7 nitrogen and oxygen atoms in total. The van der Waals surface area contributed by atoms with Crippen molar-refractivity contribution >= 4 is 23.2 Å². The van der Waals surface area contributed by atoms with Gasteiger partial charge < -0.3 is 10.1 Å². The van der Waals surface area contributed by atoms with Crippen LogP contribution in [-0.2, 0) is 6.42 Å². The normalized spacial score (nSPS) is 15.0. The van der Waals surface area contributed by atoms with Crippen molar-refractivity contribution in [2.24, 2.45) is 0 Å². The fraction of sp³-hybridized carbons (Fsp3) is 0.217. The van der Waals surface area contributed by atoms with E-state index in [1.165, 1.54) is 0 Å². The van der Waals surface area contributed by atoms with Gasteiger partial charge in [0.05, 0.1) is 6.54 Å². The molecule has 1 aliphatic heterocycles. The topological polar surface area (TPSA) is 81.4 Å². The fourth-order valence-electron chi connectivity index (χ4n) is 3.95. The molecule has 1 atom stereocenters. The third-order valence-corrected chi connectivity index (χ3v) is 5.53. The number of nitrogens with one attached hydrogen (secondary N) is 1. The lowest BCUT2D eigenvalue weighted by Crippen LogP contribution is -2.34. The number of carbonyl (C=O) groups is 1. The zero-order valence-electron chi connectivity index (χ0n) is 17.1. The molecule has 3 aromatic heterocycles. The minimum Gasteiger partial charge on any atom is -0.487 e. The molecule has 1 unspecified atom stereocenters. The van der Waals surface area contributed by atoms with Gasteiger partial charge >= 0.3 is 0 Å². The Morgan fingerprint density at radius 2 is 2.03 bits per heavy atom. The lowest BCUT2D eigenvalue weighted by Gasteiger charge is -2.13. The van der Waals surface area contributed by atoms with Crippen LogP contribution in [0.2, 0.25) is 5.02 Å². The van der Waals surface area contributed by atoms with Crippen LogP contribution < -0.4 is 10.1 Å². The highest BCUT2D eigenvalue weighted by Crippen LogP contribution is 2.40. The van der Waals surface area contributed by atoms with E-state index in [0.717, 1.165) is 33.8 Å². The van der Waals surface area contributed by atoms with E-state index >= 15 is 0 Å². The fourth-order valence-corrected chi connectivity index (χ4v) is 4.19. The van der Waals surface area contributed by atoms with Gasteiger partial charge in [0.25, 0.3) is 5.91 Å².